The lowest BCUT2D eigenvalue weighted by atomic mass is 9.96. The summed E-state index contributed by atoms with van der Waals surface area (Å²) in [5.41, 5.74) is 6.32. The molecule has 1 saturated heterocycles. The Balaban J connectivity index is 0.00000220. The van der Waals surface area contributed by atoms with Crippen LogP contribution in [0.5, 0.6) is 0 Å². The summed E-state index contributed by atoms with van der Waals surface area (Å²) in [5, 5.41) is 0.449. The summed E-state index contributed by atoms with van der Waals surface area (Å²) < 4.78 is 27.1. The van der Waals surface area contributed by atoms with Gasteiger partial charge in [-0.2, -0.15) is 4.31 Å². The lowest BCUT2D eigenvalue weighted by molar-refractivity contribution is 0.258. The van der Waals surface area contributed by atoms with Crippen molar-refractivity contribution in [3.8, 4) is 0 Å². The van der Waals surface area contributed by atoms with Crippen LogP contribution >= 0.6 is 24.0 Å². The van der Waals surface area contributed by atoms with Gasteiger partial charge in [-0.1, -0.05) is 17.7 Å². The summed E-state index contributed by atoms with van der Waals surface area (Å²) in [4.78, 5) is 0.318. The highest BCUT2D eigenvalue weighted by molar-refractivity contribution is 7.89. The lowest BCUT2D eigenvalue weighted by Gasteiger charge is -2.32. The molecule has 1 aromatic rings. The summed E-state index contributed by atoms with van der Waals surface area (Å²) in [6.07, 6.45) is 2.82. The molecule has 4 nitrogen and oxygen atoms in total. The number of nitrogens with two attached hydrogens (primary N) is 1. The number of piperidine rings is 1. The van der Waals surface area contributed by atoms with Crippen molar-refractivity contribution < 1.29 is 8.42 Å². The molecule has 1 unspecified atom stereocenters. The van der Waals surface area contributed by atoms with Crippen molar-refractivity contribution >= 4 is 34.0 Å². The number of aryl methyl sites for hydroxylation is 1. The van der Waals surface area contributed by atoms with Gasteiger partial charge in [-0.15, -0.1) is 12.4 Å². The Bertz CT molecular complexity index is 576. The average Bonchev–Trinajstić information content (AvgIpc) is 2.42. The van der Waals surface area contributed by atoms with E-state index < -0.39 is 10.0 Å². The number of benzene rings is 1. The van der Waals surface area contributed by atoms with E-state index in [1.165, 1.54) is 0 Å². The maximum Gasteiger partial charge on any atom is 0.243 e. The molecule has 21 heavy (non-hydrogen) atoms. The highest BCUT2D eigenvalue weighted by Gasteiger charge is 2.30. The molecule has 0 aliphatic carbocycles. The third kappa shape index (κ3) is 4.33. The van der Waals surface area contributed by atoms with Gasteiger partial charge in [0.05, 0.1) is 4.90 Å². The van der Waals surface area contributed by atoms with Crippen molar-refractivity contribution in [1.29, 1.82) is 0 Å². The van der Waals surface area contributed by atoms with E-state index in [0.717, 1.165) is 24.8 Å². The lowest BCUT2D eigenvalue weighted by Crippen LogP contribution is -2.40. The molecular formula is C14H22Cl2N2O2S. The molecule has 1 atom stereocenters. The number of hydrogen-bond acceptors (Lipinski definition) is 3. The van der Waals surface area contributed by atoms with Crippen LogP contribution in [0.2, 0.25) is 5.02 Å². The fraction of sp³-hybridized carbons (Fsp3) is 0.571. The number of halogens is 2. The van der Waals surface area contributed by atoms with Gasteiger partial charge in [-0.3, -0.25) is 0 Å². The fourth-order valence-electron chi connectivity index (χ4n) is 2.71. The van der Waals surface area contributed by atoms with Gasteiger partial charge in [0.1, 0.15) is 0 Å². The Kier molecular flexibility index (Phi) is 6.94. The van der Waals surface area contributed by atoms with Gasteiger partial charge < -0.3 is 5.73 Å². The van der Waals surface area contributed by atoms with Gasteiger partial charge in [0.25, 0.3) is 0 Å². The maximum absolute atomic E-state index is 12.7. The average molecular weight is 353 g/mol. The van der Waals surface area contributed by atoms with E-state index in [0.29, 0.717) is 35.5 Å². The summed E-state index contributed by atoms with van der Waals surface area (Å²) >= 11 is 5.94. The molecule has 0 amide bonds. The summed E-state index contributed by atoms with van der Waals surface area (Å²) in [5.74, 6) is 0.364. The van der Waals surface area contributed by atoms with Crippen LogP contribution in [0.3, 0.4) is 0 Å². The molecule has 1 fully saturated rings. The zero-order chi connectivity index (χ0) is 14.8. The molecule has 0 saturated carbocycles. The second-order valence-corrected chi connectivity index (χ2v) is 7.70. The van der Waals surface area contributed by atoms with Crippen LogP contribution < -0.4 is 5.73 Å². The minimum absolute atomic E-state index is 0. The summed E-state index contributed by atoms with van der Waals surface area (Å²) in [7, 11) is -3.46. The minimum atomic E-state index is -3.46. The topological polar surface area (TPSA) is 63.4 Å². The van der Waals surface area contributed by atoms with Crippen LogP contribution in [-0.2, 0) is 10.0 Å². The second-order valence-electron chi connectivity index (χ2n) is 5.36. The highest BCUT2D eigenvalue weighted by atomic mass is 35.5. The normalized spacial score (nSPS) is 20.0. The van der Waals surface area contributed by atoms with E-state index in [9.17, 15) is 8.42 Å². The first-order valence-electron chi connectivity index (χ1n) is 6.91. The second kappa shape index (κ2) is 7.79. The Morgan fingerprint density at radius 2 is 2.14 bits per heavy atom. The molecule has 2 rings (SSSR count). The molecule has 7 heteroatoms. The summed E-state index contributed by atoms with van der Waals surface area (Å²) in [6, 6.07) is 5.00. The van der Waals surface area contributed by atoms with E-state index in [4.69, 9.17) is 17.3 Å². The number of rotatable bonds is 4. The van der Waals surface area contributed by atoms with Gasteiger partial charge >= 0.3 is 0 Å². The SMILES string of the molecule is Cc1ccc(Cl)cc1S(=O)(=O)N1CCCC(CCN)C1.Cl. The minimum Gasteiger partial charge on any atom is -0.330 e. The molecule has 1 aromatic carbocycles. The molecule has 120 valence electrons. The first kappa shape index (κ1) is 18.7. The molecule has 1 aliphatic rings. The zero-order valence-electron chi connectivity index (χ0n) is 12.1. The van der Waals surface area contributed by atoms with E-state index >= 15 is 0 Å². The van der Waals surface area contributed by atoms with Crippen LogP contribution in [0.1, 0.15) is 24.8 Å². The Morgan fingerprint density at radius 1 is 1.43 bits per heavy atom. The number of nitrogens with zero attached hydrogens (tertiary/aromatic N) is 1. The molecule has 1 aliphatic heterocycles. The molecule has 1 heterocycles. The molecule has 0 spiro atoms. The first-order chi connectivity index (χ1) is 9.45. The quantitative estimate of drug-likeness (QED) is 0.905. The van der Waals surface area contributed by atoms with Gasteiger partial charge in [-0.05, 0) is 56.3 Å². The Hall–Kier alpha value is -0.330. The van der Waals surface area contributed by atoms with Crippen molar-refractivity contribution in [2.75, 3.05) is 19.6 Å². The molecular weight excluding hydrogens is 331 g/mol. The van der Waals surface area contributed by atoms with Crippen molar-refractivity contribution in [2.24, 2.45) is 11.7 Å². The number of hydrogen-bond donors (Lipinski definition) is 1. The van der Waals surface area contributed by atoms with E-state index in [2.05, 4.69) is 0 Å². The van der Waals surface area contributed by atoms with Gasteiger partial charge in [0.15, 0.2) is 0 Å². The van der Waals surface area contributed by atoms with Crippen molar-refractivity contribution in [2.45, 2.75) is 31.1 Å². The Labute approximate surface area is 138 Å². The fourth-order valence-corrected chi connectivity index (χ4v) is 4.75. The predicted octanol–water partition coefficient (Wildman–Crippen LogP) is 2.82. The monoisotopic (exact) mass is 352 g/mol. The third-order valence-electron chi connectivity index (χ3n) is 3.82. The summed E-state index contributed by atoms with van der Waals surface area (Å²) in [6.45, 7) is 3.54. The van der Waals surface area contributed by atoms with Gasteiger partial charge in [0, 0.05) is 18.1 Å². The van der Waals surface area contributed by atoms with E-state index in [1.807, 2.05) is 0 Å². The van der Waals surface area contributed by atoms with Crippen molar-refractivity contribution in [3.05, 3.63) is 28.8 Å². The van der Waals surface area contributed by atoms with Crippen LogP contribution in [0.15, 0.2) is 23.1 Å². The van der Waals surface area contributed by atoms with Crippen LogP contribution in [-0.4, -0.2) is 32.4 Å². The van der Waals surface area contributed by atoms with E-state index in [1.54, 1.807) is 29.4 Å². The highest BCUT2D eigenvalue weighted by Crippen LogP contribution is 2.28. The van der Waals surface area contributed by atoms with Crippen LogP contribution in [0, 0.1) is 12.8 Å². The predicted molar refractivity (Wildman–Crippen MR) is 88.6 cm³/mol. The molecule has 0 aromatic heterocycles. The third-order valence-corrected chi connectivity index (χ3v) is 6.07. The molecule has 0 radical (unpaired) electrons. The molecule has 2 N–H and O–H groups in total. The van der Waals surface area contributed by atoms with Crippen LogP contribution in [0.4, 0.5) is 0 Å². The van der Waals surface area contributed by atoms with Crippen LogP contribution in [0.25, 0.3) is 0 Å². The standard InChI is InChI=1S/C14H21ClN2O2S.ClH/c1-11-4-5-13(15)9-14(11)20(18,19)17-8-2-3-12(10-17)6-7-16;/h4-5,9,12H,2-3,6-8,10,16H2,1H3;1H. The van der Waals surface area contributed by atoms with Crippen molar-refractivity contribution in [1.82, 2.24) is 4.31 Å². The maximum atomic E-state index is 12.7. The van der Waals surface area contributed by atoms with Crippen molar-refractivity contribution in [3.63, 3.8) is 0 Å². The van der Waals surface area contributed by atoms with E-state index in [-0.39, 0.29) is 12.4 Å². The van der Waals surface area contributed by atoms with Gasteiger partial charge in [0.2, 0.25) is 10.0 Å². The molecule has 0 bridgehead atoms. The Morgan fingerprint density at radius 3 is 2.81 bits per heavy atom. The zero-order valence-corrected chi connectivity index (χ0v) is 14.5. The largest absolute Gasteiger partial charge is 0.330 e. The smallest absolute Gasteiger partial charge is 0.243 e. The number of sulfonamides is 1. The first-order valence-corrected chi connectivity index (χ1v) is 8.73. The van der Waals surface area contributed by atoms with Gasteiger partial charge in [-0.25, -0.2) is 8.42 Å².